The predicted molar refractivity (Wildman–Crippen MR) is 75.8 cm³/mol. The van der Waals surface area contributed by atoms with Crippen LogP contribution in [0.3, 0.4) is 0 Å². The van der Waals surface area contributed by atoms with E-state index in [2.05, 4.69) is 6.58 Å². The van der Waals surface area contributed by atoms with E-state index in [0.717, 1.165) is 6.07 Å². The van der Waals surface area contributed by atoms with Gasteiger partial charge in [0, 0.05) is 12.1 Å². The van der Waals surface area contributed by atoms with E-state index in [1.807, 2.05) is 0 Å². The van der Waals surface area contributed by atoms with Gasteiger partial charge in [-0.25, -0.2) is 0 Å². The van der Waals surface area contributed by atoms with Crippen LogP contribution in [0.4, 0.5) is 0 Å². The Bertz CT molecular complexity index is 781. The van der Waals surface area contributed by atoms with Crippen LogP contribution in [0.5, 0.6) is 11.5 Å². The molecule has 0 aliphatic heterocycles. The summed E-state index contributed by atoms with van der Waals surface area (Å²) >= 11 is 0. The van der Waals surface area contributed by atoms with Crippen molar-refractivity contribution in [3.05, 3.63) is 64.7 Å². The molecule has 2 aromatic rings. The fraction of sp³-hybridized carbons (Fsp3) is 0. The van der Waals surface area contributed by atoms with Gasteiger partial charge < -0.3 is 19.7 Å². The summed E-state index contributed by atoms with van der Waals surface area (Å²) in [5, 5.41) is 28.2. The Kier molecular flexibility index (Phi) is 3.61. The van der Waals surface area contributed by atoms with Gasteiger partial charge >= 0.3 is 0 Å². The highest BCUT2D eigenvalue weighted by molar-refractivity contribution is 5.86. The number of rotatable bonds is 3. The van der Waals surface area contributed by atoms with Crippen LogP contribution in [0.15, 0.2) is 58.2 Å². The Morgan fingerprint density at radius 1 is 1.30 bits per heavy atom. The summed E-state index contributed by atoms with van der Waals surface area (Å²) in [4.78, 5) is 12.1. The van der Waals surface area contributed by atoms with E-state index >= 15 is 0 Å². The summed E-state index contributed by atoms with van der Waals surface area (Å²) in [6, 6.07) is 2.31. The molecule has 0 bridgehead atoms. The quantitative estimate of drug-likeness (QED) is 0.590. The van der Waals surface area contributed by atoms with Crippen LogP contribution in [-0.2, 0) is 0 Å². The Hall–Kier alpha value is -2.95. The first-order valence-corrected chi connectivity index (χ1v) is 5.70. The Balaban J connectivity index is 2.55. The molecule has 5 heteroatoms. The topological polar surface area (TPSA) is 90.9 Å². The molecular weight excluding hydrogens is 260 g/mol. The van der Waals surface area contributed by atoms with Gasteiger partial charge in [0.1, 0.15) is 34.5 Å². The van der Waals surface area contributed by atoms with Crippen LogP contribution in [-0.4, -0.2) is 15.3 Å². The highest BCUT2D eigenvalue weighted by Gasteiger charge is 2.10. The third kappa shape index (κ3) is 2.56. The first-order valence-electron chi connectivity index (χ1n) is 5.70. The van der Waals surface area contributed by atoms with Gasteiger partial charge in [0.15, 0.2) is 0 Å². The Morgan fingerprint density at radius 2 is 2.05 bits per heavy atom. The smallest absolute Gasteiger partial charge is 0.203 e. The molecule has 0 saturated carbocycles. The normalized spacial score (nSPS) is 12.1. The Labute approximate surface area is 114 Å². The van der Waals surface area contributed by atoms with Gasteiger partial charge in [-0.2, -0.15) is 0 Å². The van der Waals surface area contributed by atoms with Gasteiger partial charge in [0.25, 0.3) is 0 Å². The highest BCUT2D eigenvalue weighted by Crippen LogP contribution is 2.27. The molecule has 1 aromatic carbocycles. The zero-order chi connectivity index (χ0) is 14.7. The predicted octanol–water partition coefficient (Wildman–Crippen LogP) is 2.85. The zero-order valence-corrected chi connectivity index (χ0v) is 10.4. The molecule has 0 aliphatic carbocycles. The average Bonchev–Trinajstić information content (AvgIpc) is 2.40. The molecule has 0 atom stereocenters. The second kappa shape index (κ2) is 5.36. The van der Waals surface area contributed by atoms with Gasteiger partial charge in [0.05, 0.1) is 5.56 Å². The number of hydrogen-bond acceptors (Lipinski definition) is 5. The highest BCUT2D eigenvalue weighted by atomic mass is 16.3. The van der Waals surface area contributed by atoms with Crippen molar-refractivity contribution >= 4 is 17.0 Å². The third-order valence-corrected chi connectivity index (χ3v) is 2.62. The minimum absolute atomic E-state index is 0.0122. The molecule has 0 radical (unpaired) electrons. The summed E-state index contributed by atoms with van der Waals surface area (Å²) < 4.78 is 5.19. The molecule has 2 rings (SSSR count). The Morgan fingerprint density at radius 3 is 2.75 bits per heavy atom. The molecule has 0 fully saturated rings. The van der Waals surface area contributed by atoms with Gasteiger partial charge in [-0.05, 0) is 18.2 Å². The monoisotopic (exact) mass is 272 g/mol. The lowest BCUT2D eigenvalue weighted by Gasteiger charge is -2.01. The second-order valence-electron chi connectivity index (χ2n) is 4.01. The lowest BCUT2D eigenvalue weighted by atomic mass is 10.1. The van der Waals surface area contributed by atoms with E-state index in [0.29, 0.717) is 0 Å². The average molecular weight is 272 g/mol. The maximum absolute atomic E-state index is 12.1. The minimum atomic E-state index is -0.438. The number of phenolic OH excluding ortho intramolecular Hbond substituents is 2. The first kappa shape index (κ1) is 13.5. The molecule has 0 aliphatic rings. The molecule has 20 heavy (non-hydrogen) atoms. The van der Waals surface area contributed by atoms with E-state index in [-0.39, 0.29) is 33.8 Å². The maximum atomic E-state index is 12.1. The van der Waals surface area contributed by atoms with Gasteiger partial charge in [-0.15, -0.1) is 0 Å². The number of hydrogen-bond donors (Lipinski definition) is 3. The van der Waals surface area contributed by atoms with Crippen molar-refractivity contribution in [3.63, 3.8) is 0 Å². The van der Waals surface area contributed by atoms with Crippen molar-refractivity contribution in [2.75, 3.05) is 0 Å². The van der Waals surface area contributed by atoms with Crippen LogP contribution < -0.4 is 5.43 Å². The molecule has 102 valence electrons. The van der Waals surface area contributed by atoms with Gasteiger partial charge in [0.2, 0.25) is 5.43 Å². The second-order valence-corrected chi connectivity index (χ2v) is 4.01. The van der Waals surface area contributed by atoms with Crippen LogP contribution in [0.25, 0.3) is 17.0 Å². The fourth-order valence-corrected chi connectivity index (χ4v) is 1.67. The number of benzene rings is 1. The van der Waals surface area contributed by atoms with Crippen LogP contribution in [0.1, 0.15) is 5.56 Å². The van der Waals surface area contributed by atoms with E-state index in [1.165, 1.54) is 36.6 Å². The molecule has 3 N–H and O–H groups in total. The minimum Gasteiger partial charge on any atom is -0.508 e. The number of allylic oxidation sites excluding steroid dienone is 3. The molecule has 5 nitrogen and oxygen atoms in total. The van der Waals surface area contributed by atoms with Crippen molar-refractivity contribution in [2.45, 2.75) is 0 Å². The third-order valence-electron chi connectivity index (χ3n) is 2.62. The molecule has 0 spiro atoms. The largest absolute Gasteiger partial charge is 0.508 e. The summed E-state index contributed by atoms with van der Waals surface area (Å²) in [7, 11) is 0. The SMILES string of the molecule is C=C/C(O)=C\C=C\c1coc2cc(O)cc(O)c2c1=O. The maximum Gasteiger partial charge on any atom is 0.203 e. The summed E-state index contributed by atoms with van der Waals surface area (Å²) in [5.41, 5.74) is -0.146. The van der Waals surface area contributed by atoms with E-state index in [4.69, 9.17) is 4.42 Å². The molecule has 1 heterocycles. The van der Waals surface area contributed by atoms with E-state index in [1.54, 1.807) is 0 Å². The molecule has 0 amide bonds. The van der Waals surface area contributed by atoms with Crippen molar-refractivity contribution in [1.82, 2.24) is 0 Å². The number of phenols is 2. The first-order chi connectivity index (χ1) is 9.52. The molecule has 1 aromatic heterocycles. The molecule has 0 saturated heterocycles. The van der Waals surface area contributed by atoms with Crippen molar-refractivity contribution in [1.29, 1.82) is 0 Å². The van der Waals surface area contributed by atoms with Gasteiger partial charge in [-0.1, -0.05) is 12.7 Å². The number of aliphatic hydroxyl groups is 1. The number of aliphatic hydroxyl groups excluding tert-OH is 1. The lowest BCUT2D eigenvalue weighted by molar-refractivity contribution is 0.433. The lowest BCUT2D eigenvalue weighted by Crippen LogP contribution is -2.04. The zero-order valence-electron chi connectivity index (χ0n) is 10.4. The van der Waals surface area contributed by atoms with Crippen LogP contribution in [0.2, 0.25) is 0 Å². The molecule has 0 unspecified atom stereocenters. The summed E-state index contributed by atoms with van der Waals surface area (Å²) in [6.07, 6.45) is 6.69. The van der Waals surface area contributed by atoms with Crippen molar-refractivity contribution in [2.24, 2.45) is 0 Å². The summed E-state index contributed by atoms with van der Waals surface area (Å²) in [6.45, 7) is 3.38. The van der Waals surface area contributed by atoms with Crippen molar-refractivity contribution < 1.29 is 19.7 Å². The van der Waals surface area contributed by atoms with E-state index < -0.39 is 5.43 Å². The molecular formula is C15H12O5. The van der Waals surface area contributed by atoms with E-state index in [9.17, 15) is 20.1 Å². The number of fused-ring (bicyclic) bond motifs is 1. The fourth-order valence-electron chi connectivity index (χ4n) is 1.67. The van der Waals surface area contributed by atoms with Gasteiger partial charge in [-0.3, -0.25) is 4.79 Å². The standard InChI is InChI=1S/C15H12O5/c1-2-10(16)5-3-4-9-8-20-13-7-11(17)6-12(18)14(13)15(9)19/h2-8,16-18H,1H2/b4-3+,10-5+. The number of aromatic hydroxyl groups is 2. The van der Waals surface area contributed by atoms with Crippen LogP contribution >= 0.6 is 0 Å². The van der Waals surface area contributed by atoms with Crippen LogP contribution in [0, 0.1) is 0 Å². The summed E-state index contributed by atoms with van der Waals surface area (Å²) in [5.74, 6) is -0.590. The van der Waals surface area contributed by atoms with Crippen molar-refractivity contribution in [3.8, 4) is 11.5 Å².